The summed E-state index contributed by atoms with van der Waals surface area (Å²) in [7, 11) is 0. The summed E-state index contributed by atoms with van der Waals surface area (Å²) in [6.45, 7) is 0. The highest BCUT2D eigenvalue weighted by atomic mass is 16.1. The summed E-state index contributed by atoms with van der Waals surface area (Å²) < 4.78 is 0. The Hall–Kier alpha value is -2.62. The molecule has 0 aliphatic rings. The maximum Gasteiger partial charge on any atom is 0.211 e. The van der Waals surface area contributed by atoms with Gasteiger partial charge in [-0.25, -0.2) is 4.98 Å². The van der Waals surface area contributed by atoms with Gasteiger partial charge in [0.25, 0.3) is 0 Å². The molecule has 3 aromatic rings. The average molecular weight is 237 g/mol. The van der Waals surface area contributed by atoms with Crippen LogP contribution in [0.1, 0.15) is 0 Å². The lowest BCUT2D eigenvalue weighted by atomic mass is 10.1. The summed E-state index contributed by atoms with van der Waals surface area (Å²) in [4.78, 5) is 18.1. The molecule has 4 heteroatoms. The van der Waals surface area contributed by atoms with Gasteiger partial charge >= 0.3 is 0 Å². The summed E-state index contributed by atoms with van der Waals surface area (Å²) in [5.74, 6) is 0. The molecule has 88 valence electrons. The van der Waals surface area contributed by atoms with Gasteiger partial charge in [-0.3, -0.25) is 4.79 Å². The largest absolute Gasteiger partial charge is 0.339 e. The van der Waals surface area contributed by atoms with E-state index in [0.717, 1.165) is 28.0 Å². The molecule has 2 heterocycles. The number of rotatable bonds is 3. The second kappa shape index (κ2) is 4.33. The third-order valence-corrected chi connectivity index (χ3v) is 2.83. The van der Waals surface area contributed by atoms with Gasteiger partial charge in [0.1, 0.15) is 5.65 Å². The molecule has 0 unspecified atom stereocenters. The number of carbonyl (C=O) groups excluding carboxylic acids is 1. The van der Waals surface area contributed by atoms with Crippen molar-refractivity contribution in [2.45, 2.75) is 0 Å². The number of nitrogens with one attached hydrogen (secondary N) is 2. The second-order valence-electron chi connectivity index (χ2n) is 3.93. The fraction of sp³-hybridized carbons (Fsp3) is 0. The monoisotopic (exact) mass is 237 g/mol. The summed E-state index contributed by atoms with van der Waals surface area (Å²) in [5.41, 5.74) is 3.60. The molecule has 18 heavy (non-hydrogen) atoms. The number of carbonyl (C=O) groups is 1. The summed E-state index contributed by atoms with van der Waals surface area (Å²) in [6, 6.07) is 13.8. The van der Waals surface area contributed by atoms with E-state index < -0.39 is 0 Å². The maximum atomic E-state index is 10.6. The lowest BCUT2D eigenvalue weighted by molar-refractivity contribution is -0.105. The first-order chi connectivity index (χ1) is 8.88. The third-order valence-electron chi connectivity index (χ3n) is 2.83. The van der Waals surface area contributed by atoms with Crippen molar-refractivity contribution >= 4 is 23.1 Å². The van der Waals surface area contributed by atoms with E-state index in [1.807, 2.05) is 36.4 Å². The fourth-order valence-electron chi connectivity index (χ4n) is 1.99. The molecule has 4 nitrogen and oxygen atoms in total. The van der Waals surface area contributed by atoms with Crippen molar-refractivity contribution < 1.29 is 4.79 Å². The van der Waals surface area contributed by atoms with Crippen LogP contribution in [-0.2, 0) is 4.79 Å². The topological polar surface area (TPSA) is 57.8 Å². The number of aromatic nitrogens is 2. The van der Waals surface area contributed by atoms with Gasteiger partial charge in [-0.05, 0) is 17.7 Å². The van der Waals surface area contributed by atoms with E-state index in [-0.39, 0.29) is 0 Å². The van der Waals surface area contributed by atoms with Crippen molar-refractivity contribution in [2.24, 2.45) is 0 Å². The van der Waals surface area contributed by atoms with Crippen molar-refractivity contribution in [1.29, 1.82) is 0 Å². The minimum Gasteiger partial charge on any atom is -0.339 e. The molecular formula is C14H11N3O. The number of pyridine rings is 1. The van der Waals surface area contributed by atoms with Crippen LogP contribution < -0.4 is 5.32 Å². The average Bonchev–Trinajstić information content (AvgIpc) is 2.85. The number of amides is 1. The SMILES string of the molecule is O=CNc1ccnc2[nH]c(-c3ccccc3)cc12. The van der Waals surface area contributed by atoms with Gasteiger partial charge in [-0.1, -0.05) is 30.3 Å². The number of anilines is 1. The van der Waals surface area contributed by atoms with E-state index in [1.165, 1.54) is 0 Å². The van der Waals surface area contributed by atoms with Crippen molar-refractivity contribution in [1.82, 2.24) is 9.97 Å². The van der Waals surface area contributed by atoms with Gasteiger partial charge in [0.2, 0.25) is 6.41 Å². The highest BCUT2D eigenvalue weighted by Crippen LogP contribution is 2.27. The van der Waals surface area contributed by atoms with Gasteiger partial charge in [0.05, 0.1) is 5.69 Å². The zero-order valence-corrected chi connectivity index (χ0v) is 9.55. The standard InChI is InChI=1S/C14H11N3O/c18-9-16-12-6-7-15-14-11(12)8-13(17-14)10-4-2-1-3-5-10/h1-9H,(H2,15,16,17,18). The van der Waals surface area contributed by atoms with E-state index in [2.05, 4.69) is 15.3 Å². The minimum atomic E-state index is 0.671. The van der Waals surface area contributed by atoms with Crippen LogP contribution >= 0.6 is 0 Å². The molecule has 0 fully saturated rings. The molecule has 0 spiro atoms. The van der Waals surface area contributed by atoms with Crippen LogP contribution in [0.3, 0.4) is 0 Å². The number of hydrogen-bond acceptors (Lipinski definition) is 2. The second-order valence-corrected chi connectivity index (χ2v) is 3.93. The molecule has 0 aliphatic carbocycles. The van der Waals surface area contributed by atoms with Crippen molar-refractivity contribution in [3.63, 3.8) is 0 Å². The van der Waals surface area contributed by atoms with E-state index in [4.69, 9.17) is 0 Å². The predicted molar refractivity (Wildman–Crippen MR) is 71.2 cm³/mol. The molecule has 1 aromatic carbocycles. The molecule has 0 aliphatic heterocycles. The Morgan fingerprint density at radius 3 is 2.78 bits per heavy atom. The molecule has 2 N–H and O–H groups in total. The molecule has 0 saturated carbocycles. The van der Waals surface area contributed by atoms with E-state index in [1.54, 1.807) is 12.3 Å². The Labute approximate surface area is 104 Å². The predicted octanol–water partition coefficient (Wildman–Crippen LogP) is 2.80. The zero-order chi connectivity index (χ0) is 12.4. The van der Waals surface area contributed by atoms with Crippen LogP contribution in [0, 0.1) is 0 Å². The molecule has 2 aromatic heterocycles. The summed E-state index contributed by atoms with van der Waals surface area (Å²) in [5, 5.41) is 3.58. The van der Waals surface area contributed by atoms with E-state index in [9.17, 15) is 4.79 Å². The van der Waals surface area contributed by atoms with Crippen LogP contribution in [0.4, 0.5) is 5.69 Å². The van der Waals surface area contributed by atoms with Gasteiger partial charge < -0.3 is 10.3 Å². The van der Waals surface area contributed by atoms with Gasteiger partial charge in [0, 0.05) is 17.3 Å². The van der Waals surface area contributed by atoms with Crippen LogP contribution in [-0.4, -0.2) is 16.4 Å². The van der Waals surface area contributed by atoms with Crippen LogP contribution in [0.25, 0.3) is 22.3 Å². The highest BCUT2D eigenvalue weighted by Gasteiger charge is 2.07. The third kappa shape index (κ3) is 1.73. The van der Waals surface area contributed by atoms with Gasteiger partial charge in [0.15, 0.2) is 0 Å². The first-order valence-corrected chi connectivity index (χ1v) is 5.62. The fourth-order valence-corrected chi connectivity index (χ4v) is 1.99. The Balaban J connectivity index is 2.17. The first kappa shape index (κ1) is 10.5. The number of hydrogen-bond donors (Lipinski definition) is 2. The Morgan fingerprint density at radius 2 is 2.00 bits per heavy atom. The molecule has 0 bridgehead atoms. The van der Waals surface area contributed by atoms with Crippen LogP contribution in [0.2, 0.25) is 0 Å². The van der Waals surface area contributed by atoms with Crippen LogP contribution in [0.5, 0.6) is 0 Å². The highest BCUT2D eigenvalue weighted by molar-refractivity contribution is 5.96. The Bertz CT molecular complexity index is 689. The number of aromatic amines is 1. The quantitative estimate of drug-likeness (QED) is 0.688. The normalized spacial score (nSPS) is 10.4. The molecule has 1 amide bonds. The van der Waals surface area contributed by atoms with Crippen molar-refractivity contribution in [2.75, 3.05) is 5.32 Å². The van der Waals surface area contributed by atoms with Gasteiger partial charge in [-0.15, -0.1) is 0 Å². The number of nitrogens with zero attached hydrogens (tertiary/aromatic N) is 1. The maximum absolute atomic E-state index is 10.6. The van der Waals surface area contributed by atoms with Crippen molar-refractivity contribution in [3.8, 4) is 11.3 Å². The molecular weight excluding hydrogens is 226 g/mol. The first-order valence-electron chi connectivity index (χ1n) is 5.62. The summed E-state index contributed by atoms with van der Waals surface area (Å²) >= 11 is 0. The smallest absolute Gasteiger partial charge is 0.211 e. The lowest BCUT2D eigenvalue weighted by Crippen LogP contribution is -1.94. The van der Waals surface area contributed by atoms with E-state index >= 15 is 0 Å². The number of benzene rings is 1. The number of H-pyrrole nitrogens is 1. The van der Waals surface area contributed by atoms with E-state index in [0.29, 0.717) is 6.41 Å². The Kier molecular flexibility index (Phi) is 2.53. The number of fused-ring (bicyclic) bond motifs is 1. The molecule has 3 rings (SSSR count). The minimum absolute atomic E-state index is 0.671. The van der Waals surface area contributed by atoms with Crippen LogP contribution in [0.15, 0.2) is 48.7 Å². The Morgan fingerprint density at radius 1 is 1.17 bits per heavy atom. The zero-order valence-electron chi connectivity index (χ0n) is 9.55. The van der Waals surface area contributed by atoms with Crippen molar-refractivity contribution in [3.05, 3.63) is 48.7 Å². The molecule has 0 radical (unpaired) electrons. The lowest BCUT2D eigenvalue weighted by Gasteiger charge is -1.98. The molecule has 0 atom stereocenters. The van der Waals surface area contributed by atoms with Gasteiger partial charge in [-0.2, -0.15) is 0 Å². The molecule has 0 saturated heterocycles. The summed E-state index contributed by atoms with van der Waals surface area (Å²) in [6.07, 6.45) is 2.34.